The summed E-state index contributed by atoms with van der Waals surface area (Å²) in [5.74, 6) is -0.906. The number of nitrogens with two attached hydrogens (primary N) is 1. The van der Waals surface area contributed by atoms with Crippen LogP contribution < -0.4 is 11.1 Å². The maximum atomic E-state index is 10.5. The van der Waals surface area contributed by atoms with Crippen molar-refractivity contribution < 1.29 is 14.3 Å². The van der Waals surface area contributed by atoms with Crippen molar-refractivity contribution in [1.29, 1.82) is 5.41 Å². The zero-order valence-corrected chi connectivity index (χ0v) is 6.01. The van der Waals surface area contributed by atoms with E-state index < -0.39 is 12.1 Å². The number of alkyl carbamates (subject to hydrolysis) is 1. The number of hydrogen-bond donors (Lipinski definition) is 3. The monoisotopic (exact) mass is 159 g/mol. The maximum Gasteiger partial charge on any atom is 0.415 e. The average molecular weight is 159 g/mol. The van der Waals surface area contributed by atoms with Gasteiger partial charge in [0.15, 0.2) is 0 Å². The first-order valence-electron chi connectivity index (χ1n) is 2.81. The zero-order valence-electron chi connectivity index (χ0n) is 6.01. The Balaban J connectivity index is 3.53. The van der Waals surface area contributed by atoms with E-state index in [1.807, 2.05) is 0 Å². The molecule has 4 N–H and O–H groups in total. The van der Waals surface area contributed by atoms with Gasteiger partial charge in [0.1, 0.15) is 5.84 Å². The second kappa shape index (κ2) is 4.26. The van der Waals surface area contributed by atoms with E-state index in [4.69, 9.17) is 11.1 Å². The van der Waals surface area contributed by atoms with Gasteiger partial charge in [-0.05, 0) is 0 Å². The fourth-order valence-electron chi connectivity index (χ4n) is 0.334. The predicted molar refractivity (Wildman–Crippen MR) is 37.1 cm³/mol. The second-order valence-electron chi connectivity index (χ2n) is 1.76. The highest BCUT2D eigenvalue weighted by atomic mass is 16.6. The minimum atomic E-state index is -0.896. The smallest absolute Gasteiger partial charge is 0.386 e. The maximum absolute atomic E-state index is 10.5. The Hall–Kier alpha value is -1.59. The molecule has 0 radical (unpaired) electrons. The lowest BCUT2D eigenvalue weighted by atomic mass is 10.6. The summed E-state index contributed by atoms with van der Waals surface area (Å²) >= 11 is 0. The molecular formula is C5H9N3O3. The van der Waals surface area contributed by atoms with Crippen LogP contribution in [0.1, 0.15) is 6.92 Å². The van der Waals surface area contributed by atoms with Gasteiger partial charge in [-0.3, -0.25) is 10.2 Å². The summed E-state index contributed by atoms with van der Waals surface area (Å²) in [6, 6.07) is 0. The fraction of sp³-hybridized carbons (Fsp3) is 0.400. The van der Waals surface area contributed by atoms with Gasteiger partial charge < -0.3 is 15.8 Å². The Morgan fingerprint density at radius 1 is 1.64 bits per heavy atom. The van der Waals surface area contributed by atoms with E-state index in [-0.39, 0.29) is 12.4 Å². The molecule has 0 saturated carbocycles. The Kier molecular flexibility index (Phi) is 3.65. The lowest BCUT2D eigenvalue weighted by Crippen LogP contribution is -2.34. The Morgan fingerprint density at radius 3 is 2.55 bits per heavy atom. The summed E-state index contributed by atoms with van der Waals surface area (Å²) in [4.78, 5) is 20.6. The average Bonchev–Trinajstić information content (AvgIpc) is 1.82. The standard InChI is InChI=1S/C5H9N3O3/c1-3(9)11-5(10)8-2-4(6)7/h2H2,1H3,(H3,6,7)(H,8,10). The molecule has 0 aliphatic rings. The normalized spacial score (nSPS) is 8.45. The van der Waals surface area contributed by atoms with Crippen molar-refractivity contribution in [1.82, 2.24) is 5.32 Å². The summed E-state index contributed by atoms with van der Waals surface area (Å²) in [6.07, 6.45) is -0.896. The van der Waals surface area contributed by atoms with Crippen LogP contribution in [0.15, 0.2) is 0 Å². The lowest BCUT2D eigenvalue weighted by molar-refractivity contribution is -0.134. The van der Waals surface area contributed by atoms with Crippen LogP contribution in [0.3, 0.4) is 0 Å². The van der Waals surface area contributed by atoms with Gasteiger partial charge in [-0.25, -0.2) is 4.79 Å². The van der Waals surface area contributed by atoms with Gasteiger partial charge in [0.2, 0.25) is 0 Å². The van der Waals surface area contributed by atoms with Crippen LogP contribution in [0.2, 0.25) is 0 Å². The van der Waals surface area contributed by atoms with Gasteiger partial charge in [0.05, 0.1) is 6.54 Å². The highest BCUT2D eigenvalue weighted by Gasteiger charge is 2.03. The number of nitrogens with one attached hydrogen (secondary N) is 2. The minimum Gasteiger partial charge on any atom is -0.386 e. The van der Waals surface area contributed by atoms with E-state index in [0.717, 1.165) is 6.92 Å². The van der Waals surface area contributed by atoms with Gasteiger partial charge in [-0.1, -0.05) is 0 Å². The van der Waals surface area contributed by atoms with Crippen molar-refractivity contribution in [3.8, 4) is 0 Å². The van der Waals surface area contributed by atoms with Crippen LogP contribution in [0, 0.1) is 5.41 Å². The molecular weight excluding hydrogens is 150 g/mol. The number of amides is 1. The van der Waals surface area contributed by atoms with Crippen LogP contribution in [-0.2, 0) is 9.53 Å². The Morgan fingerprint density at radius 2 is 2.18 bits per heavy atom. The van der Waals surface area contributed by atoms with Gasteiger partial charge in [0, 0.05) is 6.92 Å². The van der Waals surface area contributed by atoms with Crippen LogP contribution >= 0.6 is 0 Å². The van der Waals surface area contributed by atoms with Crippen molar-refractivity contribution >= 4 is 17.9 Å². The number of ether oxygens (including phenoxy) is 1. The summed E-state index contributed by atoms with van der Waals surface area (Å²) in [5.41, 5.74) is 4.90. The van der Waals surface area contributed by atoms with Crippen LogP contribution in [0.25, 0.3) is 0 Å². The summed E-state index contributed by atoms with van der Waals surface area (Å²) in [7, 11) is 0. The first-order chi connectivity index (χ1) is 5.02. The number of carbonyl (C=O) groups excluding carboxylic acids is 2. The second-order valence-corrected chi connectivity index (χ2v) is 1.76. The van der Waals surface area contributed by atoms with E-state index in [0.29, 0.717) is 0 Å². The Bertz CT molecular complexity index is 189. The molecule has 0 aliphatic heterocycles. The fourth-order valence-corrected chi connectivity index (χ4v) is 0.334. The highest BCUT2D eigenvalue weighted by Crippen LogP contribution is 1.76. The first kappa shape index (κ1) is 9.41. The highest BCUT2D eigenvalue weighted by molar-refractivity contribution is 5.87. The summed E-state index contributed by atoms with van der Waals surface area (Å²) < 4.78 is 4.06. The van der Waals surface area contributed by atoms with Crippen molar-refractivity contribution in [2.75, 3.05) is 6.54 Å². The molecule has 0 atom stereocenters. The van der Waals surface area contributed by atoms with Crippen molar-refractivity contribution in [3.63, 3.8) is 0 Å². The molecule has 1 amide bonds. The van der Waals surface area contributed by atoms with E-state index in [9.17, 15) is 9.59 Å². The van der Waals surface area contributed by atoms with Crippen molar-refractivity contribution in [2.45, 2.75) is 6.92 Å². The Labute approximate surface area is 63.2 Å². The quantitative estimate of drug-likeness (QED) is 0.212. The summed E-state index contributed by atoms with van der Waals surface area (Å²) in [6.45, 7) is 0.986. The van der Waals surface area contributed by atoms with Crippen molar-refractivity contribution in [3.05, 3.63) is 0 Å². The van der Waals surface area contributed by atoms with E-state index in [1.54, 1.807) is 0 Å². The molecule has 0 heterocycles. The third-order valence-corrected chi connectivity index (χ3v) is 0.660. The van der Waals surface area contributed by atoms with Crippen LogP contribution in [0.4, 0.5) is 4.79 Å². The third kappa shape index (κ3) is 6.29. The lowest BCUT2D eigenvalue weighted by Gasteiger charge is -2.00. The molecule has 0 spiro atoms. The minimum absolute atomic E-state index is 0.119. The van der Waals surface area contributed by atoms with Crippen LogP contribution in [0.5, 0.6) is 0 Å². The number of carbonyl (C=O) groups is 2. The molecule has 0 aliphatic carbocycles. The molecule has 0 aromatic rings. The molecule has 0 rings (SSSR count). The van der Waals surface area contributed by atoms with Crippen LogP contribution in [-0.4, -0.2) is 24.4 Å². The molecule has 0 fully saturated rings. The number of hydrogen-bond acceptors (Lipinski definition) is 4. The predicted octanol–water partition coefficient (Wildman–Crippen LogP) is -0.805. The molecule has 0 unspecified atom stereocenters. The molecule has 62 valence electrons. The van der Waals surface area contributed by atoms with E-state index >= 15 is 0 Å². The molecule has 0 aromatic carbocycles. The molecule has 6 nitrogen and oxygen atoms in total. The topological polar surface area (TPSA) is 105 Å². The third-order valence-electron chi connectivity index (χ3n) is 0.660. The first-order valence-corrected chi connectivity index (χ1v) is 2.81. The summed E-state index contributed by atoms with van der Waals surface area (Å²) in [5, 5.41) is 8.77. The number of amidine groups is 1. The largest absolute Gasteiger partial charge is 0.415 e. The van der Waals surface area contributed by atoms with E-state index in [2.05, 4.69) is 10.1 Å². The molecule has 0 bridgehead atoms. The molecule has 0 saturated heterocycles. The molecule has 6 heteroatoms. The number of rotatable bonds is 2. The van der Waals surface area contributed by atoms with Crippen molar-refractivity contribution in [2.24, 2.45) is 5.73 Å². The van der Waals surface area contributed by atoms with Gasteiger partial charge in [0.25, 0.3) is 0 Å². The zero-order chi connectivity index (χ0) is 8.85. The SMILES string of the molecule is CC(=O)OC(=O)NCC(=N)N. The van der Waals surface area contributed by atoms with E-state index in [1.165, 1.54) is 0 Å². The molecule has 0 aromatic heterocycles. The number of esters is 1. The van der Waals surface area contributed by atoms with Gasteiger partial charge >= 0.3 is 12.1 Å². The van der Waals surface area contributed by atoms with Gasteiger partial charge in [-0.15, -0.1) is 0 Å². The molecule has 11 heavy (non-hydrogen) atoms. The van der Waals surface area contributed by atoms with Gasteiger partial charge in [-0.2, -0.15) is 0 Å².